The van der Waals surface area contributed by atoms with Gasteiger partial charge in [-0.2, -0.15) is 10.2 Å². The number of aryl methyl sites for hydroxylation is 2. The summed E-state index contributed by atoms with van der Waals surface area (Å²) in [5.74, 6) is -1.09. The molecule has 31 heavy (non-hydrogen) atoms. The zero-order valence-corrected chi connectivity index (χ0v) is 17.2. The van der Waals surface area contributed by atoms with Gasteiger partial charge in [0, 0.05) is 24.7 Å². The average Bonchev–Trinajstić information content (AvgIpc) is 3.43. The zero-order chi connectivity index (χ0) is 22.0. The van der Waals surface area contributed by atoms with Crippen molar-refractivity contribution in [1.29, 1.82) is 0 Å². The summed E-state index contributed by atoms with van der Waals surface area (Å²) in [6, 6.07) is 6.61. The molecule has 1 amide bonds. The number of guanidine groups is 1. The van der Waals surface area contributed by atoms with Crippen LogP contribution in [0.5, 0.6) is 0 Å². The van der Waals surface area contributed by atoms with Gasteiger partial charge in [0.05, 0.1) is 17.4 Å². The van der Waals surface area contributed by atoms with Gasteiger partial charge in [-0.15, -0.1) is 0 Å². The predicted molar refractivity (Wildman–Crippen MR) is 113 cm³/mol. The van der Waals surface area contributed by atoms with E-state index in [0.29, 0.717) is 22.8 Å². The molecule has 1 fully saturated rings. The number of hydrogen-bond acceptors (Lipinski definition) is 4. The minimum absolute atomic E-state index is 0.104. The molecule has 2 aromatic heterocycles. The Bertz CT molecular complexity index is 1110. The van der Waals surface area contributed by atoms with Crippen molar-refractivity contribution in [1.82, 2.24) is 25.3 Å². The van der Waals surface area contributed by atoms with Gasteiger partial charge >= 0.3 is 0 Å². The summed E-state index contributed by atoms with van der Waals surface area (Å²) in [7, 11) is 1.70. The third-order valence-electron chi connectivity index (χ3n) is 5.10. The summed E-state index contributed by atoms with van der Waals surface area (Å²) < 4.78 is 28.6. The topological polar surface area (TPSA) is 100.0 Å². The minimum Gasteiger partial charge on any atom is -0.309 e. The van der Waals surface area contributed by atoms with Gasteiger partial charge in [0.25, 0.3) is 5.91 Å². The number of hydrogen-bond donors (Lipinski definition) is 3. The number of amides is 1. The second-order valence-electron chi connectivity index (χ2n) is 7.61. The van der Waals surface area contributed by atoms with Crippen LogP contribution in [0, 0.1) is 18.6 Å². The van der Waals surface area contributed by atoms with Crippen molar-refractivity contribution < 1.29 is 13.6 Å². The maximum Gasteiger partial charge on any atom is 0.276 e. The lowest BCUT2D eigenvalue weighted by Crippen LogP contribution is -2.38. The molecule has 0 spiro atoms. The molecule has 4 rings (SSSR count). The first-order valence-corrected chi connectivity index (χ1v) is 10.1. The first-order valence-electron chi connectivity index (χ1n) is 10.1. The van der Waals surface area contributed by atoms with Crippen molar-refractivity contribution in [2.75, 3.05) is 5.32 Å². The van der Waals surface area contributed by atoms with Crippen LogP contribution in [0.15, 0.2) is 35.3 Å². The van der Waals surface area contributed by atoms with Gasteiger partial charge in [-0.1, -0.05) is 12.8 Å². The Hall–Kier alpha value is -3.56. The summed E-state index contributed by atoms with van der Waals surface area (Å²) in [4.78, 5) is 17.4. The van der Waals surface area contributed by atoms with Crippen LogP contribution >= 0.6 is 0 Å². The van der Waals surface area contributed by atoms with Crippen LogP contribution in [0.25, 0.3) is 11.3 Å². The van der Waals surface area contributed by atoms with Crippen molar-refractivity contribution >= 4 is 17.7 Å². The highest BCUT2D eigenvalue weighted by molar-refractivity contribution is 6.09. The van der Waals surface area contributed by atoms with E-state index in [4.69, 9.17) is 0 Å². The van der Waals surface area contributed by atoms with E-state index in [0.717, 1.165) is 37.4 Å². The van der Waals surface area contributed by atoms with Gasteiger partial charge in [0.2, 0.25) is 5.96 Å². The number of carbonyl (C=O) groups is 1. The monoisotopic (exact) mass is 427 g/mol. The van der Waals surface area contributed by atoms with Crippen LogP contribution < -0.4 is 10.6 Å². The molecule has 0 unspecified atom stereocenters. The van der Waals surface area contributed by atoms with Crippen LogP contribution in [0.1, 0.15) is 41.9 Å². The fraction of sp³-hybridized carbons (Fsp3) is 0.333. The van der Waals surface area contributed by atoms with E-state index in [9.17, 15) is 13.6 Å². The van der Waals surface area contributed by atoms with Gasteiger partial charge in [0.1, 0.15) is 17.3 Å². The van der Waals surface area contributed by atoms with Crippen LogP contribution in [-0.2, 0) is 7.05 Å². The average molecular weight is 427 g/mol. The quantitative estimate of drug-likeness (QED) is 0.438. The van der Waals surface area contributed by atoms with Crippen LogP contribution in [0.4, 0.5) is 14.6 Å². The summed E-state index contributed by atoms with van der Waals surface area (Å²) >= 11 is 0. The van der Waals surface area contributed by atoms with E-state index in [1.165, 1.54) is 16.8 Å². The number of aromatic amines is 1. The van der Waals surface area contributed by atoms with Gasteiger partial charge < -0.3 is 5.32 Å². The Morgan fingerprint density at radius 3 is 2.52 bits per heavy atom. The SMILES string of the molecule is Cc1cc(C(=O)NC(=NC2CCCC2)Nc2cc(-c3cc(F)cc(F)c3)[nH]n2)n(C)n1. The molecule has 0 saturated heterocycles. The molecule has 162 valence electrons. The first kappa shape index (κ1) is 20.7. The van der Waals surface area contributed by atoms with Gasteiger partial charge in [-0.25, -0.2) is 13.8 Å². The Morgan fingerprint density at radius 2 is 1.87 bits per heavy atom. The van der Waals surface area contributed by atoms with Crippen molar-refractivity contribution in [3.8, 4) is 11.3 Å². The number of rotatable bonds is 4. The highest BCUT2D eigenvalue weighted by atomic mass is 19.1. The third-order valence-corrected chi connectivity index (χ3v) is 5.10. The molecule has 0 radical (unpaired) electrons. The van der Waals surface area contributed by atoms with Crippen molar-refractivity contribution in [2.45, 2.75) is 38.6 Å². The number of nitrogens with one attached hydrogen (secondary N) is 3. The molecule has 0 bridgehead atoms. The van der Waals surface area contributed by atoms with E-state index in [2.05, 4.69) is 30.9 Å². The Balaban J connectivity index is 1.56. The molecular weight excluding hydrogens is 404 g/mol. The number of aromatic nitrogens is 4. The predicted octanol–water partition coefficient (Wildman–Crippen LogP) is 3.54. The van der Waals surface area contributed by atoms with Crippen molar-refractivity contribution in [3.63, 3.8) is 0 Å². The fourth-order valence-corrected chi connectivity index (χ4v) is 3.67. The Labute approximate surface area is 177 Å². The number of halogens is 2. The number of benzene rings is 1. The molecule has 2 heterocycles. The normalized spacial score (nSPS) is 14.8. The van der Waals surface area contributed by atoms with Crippen LogP contribution in [0.2, 0.25) is 0 Å². The molecule has 0 atom stereocenters. The number of anilines is 1. The fourth-order valence-electron chi connectivity index (χ4n) is 3.67. The van der Waals surface area contributed by atoms with E-state index in [1.807, 2.05) is 6.92 Å². The zero-order valence-electron chi connectivity index (χ0n) is 17.2. The maximum absolute atomic E-state index is 13.5. The standard InChI is InChI=1S/C21H23F2N7O/c1-12-7-18(30(2)29-12)20(31)26-21(24-16-5-3-4-6-16)25-19-11-17(27-28-19)13-8-14(22)10-15(23)9-13/h7-11,16H,3-6H2,1-2H3,(H3,24,25,26,27,28,31). The van der Waals surface area contributed by atoms with Gasteiger partial charge in [-0.3, -0.25) is 19.9 Å². The highest BCUT2D eigenvalue weighted by Gasteiger charge is 2.19. The highest BCUT2D eigenvalue weighted by Crippen LogP contribution is 2.23. The Morgan fingerprint density at radius 1 is 1.16 bits per heavy atom. The van der Waals surface area contributed by atoms with E-state index < -0.39 is 11.6 Å². The second-order valence-corrected chi connectivity index (χ2v) is 7.61. The van der Waals surface area contributed by atoms with Crippen LogP contribution in [0.3, 0.4) is 0 Å². The lowest BCUT2D eigenvalue weighted by Gasteiger charge is -2.12. The van der Waals surface area contributed by atoms with E-state index in [1.54, 1.807) is 19.2 Å². The summed E-state index contributed by atoms with van der Waals surface area (Å²) in [5, 5.41) is 16.9. The molecule has 1 aliphatic rings. The van der Waals surface area contributed by atoms with Crippen molar-refractivity contribution in [3.05, 3.63) is 53.4 Å². The largest absolute Gasteiger partial charge is 0.309 e. The number of carbonyl (C=O) groups excluding carboxylic acids is 1. The number of nitrogens with zero attached hydrogens (tertiary/aromatic N) is 4. The molecule has 3 N–H and O–H groups in total. The smallest absolute Gasteiger partial charge is 0.276 e. The van der Waals surface area contributed by atoms with Crippen LogP contribution in [-0.4, -0.2) is 37.9 Å². The second kappa shape index (κ2) is 8.66. The van der Waals surface area contributed by atoms with Gasteiger partial charge in [0.15, 0.2) is 5.82 Å². The molecule has 8 nitrogen and oxygen atoms in total. The molecule has 1 saturated carbocycles. The number of aliphatic imine (C=N–C) groups is 1. The lowest BCUT2D eigenvalue weighted by atomic mass is 10.1. The molecule has 10 heteroatoms. The van der Waals surface area contributed by atoms with Gasteiger partial charge in [-0.05, 0) is 38.0 Å². The summed E-state index contributed by atoms with van der Waals surface area (Å²) in [6.07, 6.45) is 4.07. The maximum atomic E-state index is 13.5. The lowest BCUT2D eigenvalue weighted by molar-refractivity contribution is 0.0967. The molecule has 1 aliphatic carbocycles. The minimum atomic E-state index is -0.679. The molecule has 0 aliphatic heterocycles. The first-order chi connectivity index (χ1) is 14.9. The van der Waals surface area contributed by atoms with E-state index >= 15 is 0 Å². The van der Waals surface area contributed by atoms with Crippen molar-refractivity contribution in [2.24, 2.45) is 12.0 Å². The number of H-pyrrole nitrogens is 1. The molecule has 1 aromatic carbocycles. The van der Waals surface area contributed by atoms with E-state index in [-0.39, 0.29) is 17.9 Å². The summed E-state index contributed by atoms with van der Waals surface area (Å²) in [6.45, 7) is 1.81. The Kier molecular flexibility index (Phi) is 5.79. The molecule has 3 aromatic rings. The molecular formula is C21H23F2N7O. The third kappa shape index (κ3) is 4.96. The summed E-state index contributed by atoms with van der Waals surface area (Å²) in [5.41, 5.74) is 1.88.